The molecule has 0 N–H and O–H groups in total. The SMILES string of the molecule is COC(=O)Cc1ccncc1C(C)=O. The molecule has 0 unspecified atom stereocenters. The minimum Gasteiger partial charge on any atom is -0.469 e. The minimum absolute atomic E-state index is 0.1000. The van der Waals surface area contributed by atoms with E-state index in [9.17, 15) is 9.59 Å². The summed E-state index contributed by atoms with van der Waals surface area (Å²) < 4.78 is 4.52. The van der Waals surface area contributed by atoms with Crippen molar-refractivity contribution in [1.82, 2.24) is 4.98 Å². The van der Waals surface area contributed by atoms with Crippen LogP contribution in [0.3, 0.4) is 0 Å². The highest BCUT2D eigenvalue weighted by Gasteiger charge is 2.10. The van der Waals surface area contributed by atoms with Crippen molar-refractivity contribution >= 4 is 11.8 Å². The van der Waals surface area contributed by atoms with Crippen molar-refractivity contribution in [3.63, 3.8) is 0 Å². The molecule has 1 rings (SSSR count). The van der Waals surface area contributed by atoms with Crippen LogP contribution in [-0.2, 0) is 16.0 Å². The molecule has 0 aliphatic rings. The predicted octanol–water partition coefficient (Wildman–Crippen LogP) is 1.000. The summed E-state index contributed by atoms with van der Waals surface area (Å²) in [5.74, 6) is -0.462. The smallest absolute Gasteiger partial charge is 0.310 e. The first kappa shape index (κ1) is 10.4. The monoisotopic (exact) mass is 193 g/mol. The molecule has 0 bridgehead atoms. The van der Waals surface area contributed by atoms with E-state index in [1.165, 1.54) is 20.2 Å². The molecular weight excluding hydrogens is 182 g/mol. The van der Waals surface area contributed by atoms with Gasteiger partial charge >= 0.3 is 5.97 Å². The molecule has 4 heteroatoms. The van der Waals surface area contributed by atoms with Gasteiger partial charge in [0.15, 0.2) is 5.78 Å². The Labute approximate surface area is 81.9 Å². The van der Waals surface area contributed by atoms with Crippen molar-refractivity contribution < 1.29 is 14.3 Å². The molecule has 14 heavy (non-hydrogen) atoms. The summed E-state index contributed by atoms with van der Waals surface area (Å²) in [5, 5.41) is 0. The van der Waals surface area contributed by atoms with Gasteiger partial charge in [0.05, 0.1) is 13.5 Å². The summed E-state index contributed by atoms with van der Waals surface area (Å²) in [6, 6.07) is 1.65. The number of carbonyl (C=O) groups is 2. The van der Waals surface area contributed by atoms with Gasteiger partial charge in [-0.3, -0.25) is 14.6 Å². The molecule has 0 radical (unpaired) electrons. The highest BCUT2D eigenvalue weighted by atomic mass is 16.5. The minimum atomic E-state index is -0.362. The molecule has 0 aliphatic carbocycles. The molecule has 1 aromatic rings. The van der Waals surface area contributed by atoms with E-state index in [2.05, 4.69) is 9.72 Å². The molecule has 0 aliphatic heterocycles. The standard InChI is InChI=1S/C10H11NO3/c1-7(12)9-6-11-4-3-8(9)5-10(13)14-2/h3-4,6H,5H2,1-2H3. The Bertz CT molecular complexity index is 360. The van der Waals surface area contributed by atoms with Crippen LogP contribution in [0.25, 0.3) is 0 Å². The topological polar surface area (TPSA) is 56.3 Å². The summed E-state index contributed by atoms with van der Waals surface area (Å²) >= 11 is 0. The second-order valence-corrected chi connectivity index (χ2v) is 2.84. The number of Topliss-reactive ketones (excluding diaryl/α,β-unsaturated/α-hetero) is 1. The molecule has 0 aromatic carbocycles. The number of aromatic nitrogens is 1. The second kappa shape index (κ2) is 4.50. The van der Waals surface area contributed by atoms with Crippen LogP contribution in [0.2, 0.25) is 0 Å². The van der Waals surface area contributed by atoms with E-state index in [4.69, 9.17) is 0 Å². The van der Waals surface area contributed by atoms with Gasteiger partial charge in [-0.15, -0.1) is 0 Å². The van der Waals surface area contributed by atoms with E-state index in [-0.39, 0.29) is 18.2 Å². The lowest BCUT2D eigenvalue weighted by Gasteiger charge is -2.03. The van der Waals surface area contributed by atoms with Crippen LogP contribution in [-0.4, -0.2) is 23.8 Å². The van der Waals surface area contributed by atoms with Crippen LogP contribution in [0.1, 0.15) is 22.8 Å². The summed E-state index contributed by atoms with van der Waals surface area (Å²) in [6.07, 6.45) is 3.11. The molecule has 0 saturated heterocycles. The van der Waals surface area contributed by atoms with Crippen molar-refractivity contribution in [3.8, 4) is 0 Å². The fourth-order valence-electron chi connectivity index (χ4n) is 1.12. The van der Waals surface area contributed by atoms with E-state index in [1.807, 2.05) is 0 Å². The van der Waals surface area contributed by atoms with Gasteiger partial charge < -0.3 is 4.74 Å². The van der Waals surface area contributed by atoms with Gasteiger partial charge in [0.25, 0.3) is 0 Å². The van der Waals surface area contributed by atoms with Crippen LogP contribution >= 0.6 is 0 Å². The first-order valence-electron chi connectivity index (χ1n) is 4.15. The van der Waals surface area contributed by atoms with Gasteiger partial charge in [-0.05, 0) is 18.6 Å². The average molecular weight is 193 g/mol. The van der Waals surface area contributed by atoms with Crippen LogP contribution in [0.15, 0.2) is 18.5 Å². The van der Waals surface area contributed by atoms with Gasteiger partial charge in [0.2, 0.25) is 0 Å². The van der Waals surface area contributed by atoms with Gasteiger partial charge in [0, 0.05) is 18.0 Å². The van der Waals surface area contributed by atoms with E-state index < -0.39 is 0 Å². The molecule has 0 amide bonds. The van der Waals surface area contributed by atoms with Crippen LogP contribution < -0.4 is 0 Å². The third kappa shape index (κ3) is 2.39. The van der Waals surface area contributed by atoms with Crippen LogP contribution in [0.5, 0.6) is 0 Å². The van der Waals surface area contributed by atoms with Gasteiger partial charge in [-0.25, -0.2) is 0 Å². The third-order valence-electron chi connectivity index (χ3n) is 1.85. The molecule has 0 spiro atoms. The molecular formula is C10H11NO3. The number of methoxy groups -OCH3 is 1. The average Bonchev–Trinajstić information content (AvgIpc) is 2.18. The largest absolute Gasteiger partial charge is 0.469 e. The van der Waals surface area contributed by atoms with E-state index >= 15 is 0 Å². The maximum absolute atomic E-state index is 11.1. The number of hydrogen-bond donors (Lipinski definition) is 0. The summed E-state index contributed by atoms with van der Waals surface area (Å²) in [5.41, 5.74) is 1.12. The quantitative estimate of drug-likeness (QED) is 0.530. The molecule has 1 aromatic heterocycles. The van der Waals surface area contributed by atoms with E-state index in [0.717, 1.165) is 0 Å². The fourth-order valence-corrected chi connectivity index (χ4v) is 1.12. The Morgan fingerprint density at radius 2 is 2.21 bits per heavy atom. The van der Waals surface area contributed by atoms with Gasteiger partial charge in [-0.1, -0.05) is 0 Å². The maximum atomic E-state index is 11.1. The first-order chi connectivity index (χ1) is 6.65. The highest BCUT2D eigenvalue weighted by molar-refractivity contribution is 5.96. The zero-order chi connectivity index (χ0) is 10.6. The summed E-state index contributed by atoms with van der Waals surface area (Å²) in [6.45, 7) is 1.44. The maximum Gasteiger partial charge on any atom is 0.310 e. The zero-order valence-corrected chi connectivity index (χ0v) is 8.11. The third-order valence-corrected chi connectivity index (χ3v) is 1.85. The predicted molar refractivity (Wildman–Crippen MR) is 50.0 cm³/mol. The molecule has 0 fully saturated rings. The number of carbonyl (C=O) groups excluding carboxylic acids is 2. The lowest BCUT2D eigenvalue weighted by Crippen LogP contribution is -2.09. The van der Waals surface area contributed by atoms with Crippen LogP contribution in [0, 0.1) is 0 Å². The van der Waals surface area contributed by atoms with E-state index in [0.29, 0.717) is 11.1 Å². The number of rotatable bonds is 3. The lowest BCUT2D eigenvalue weighted by atomic mass is 10.0. The Morgan fingerprint density at radius 3 is 2.79 bits per heavy atom. The highest BCUT2D eigenvalue weighted by Crippen LogP contribution is 2.08. The van der Waals surface area contributed by atoms with Crippen LogP contribution in [0.4, 0.5) is 0 Å². The molecule has 0 atom stereocenters. The zero-order valence-electron chi connectivity index (χ0n) is 8.11. The second-order valence-electron chi connectivity index (χ2n) is 2.84. The van der Waals surface area contributed by atoms with Crippen molar-refractivity contribution in [1.29, 1.82) is 0 Å². The summed E-state index contributed by atoms with van der Waals surface area (Å²) in [4.78, 5) is 26.0. The fraction of sp³-hybridized carbons (Fsp3) is 0.300. The van der Waals surface area contributed by atoms with Crippen molar-refractivity contribution in [2.45, 2.75) is 13.3 Å². The summed E-state index contributed by atoms with van der Waals surface area (Å²) in [7, 11) is 1.32. The van der Waals surface area contributed by atoms with Gasteiger partial charge in [0.1, 0.15) is 0 Å². The van der Waals surface area contributed by atoms with Gasteiger partial charge in [-0.2, -0.15) is 0 Å². The van der Waals surface area contributed by atoms with Crippen molar-refractivity contribution in [2.24, 2.45) is 0 Å². The Balaban J connectivity index is 2.95. The van der Waals surface area contributed by atoms with Crippen molar-refractivity contribution in [2.75, 3.05) is 7.11 Å². The molecule has 74 valence electrons. The number of esters is 1. The number of ether oxygens (including phenoxy) is 1. The molecule has 4 nitrogen and oxygen atoms in total. The number of nitrogens with zero attached hydrogens (tertiary/aromatic N) is 1. The Morgan fingerprint density at radius 1 is 1.50 bits per heavy atom. The number of hydrogen-bond acceptors (Lipinski definition) is 4. The lowest BCUT2D eigenvalue weighted by molar-refractivity contribution is -0.139. The normalized spacial score (nSPS) is 9.57. The molecule has 0 saturated carbocycles. The first-order valence-corrected chi connectivity index (χ1v) is 4.15. The number of pyridine rings is 1. The molecule has 1 heterocycles. The van der Waals surface area contributed by atoms with E-state index in [1.54, 1.807) is 12.3 Å². The van der Waals surface area contributed by atoms with Crippen molar-refractivity contribution in [3.05, 3.63) is 29.6 Å². The Kier molecular flexibility index (Phi) is 3.34. The number of ketones is 1. The Hall–Kier alpha value is -1.71.